The maximum Gasteiger partial charge on any atom is 0.256 e. The number of nitrogens with zero attached hydrogens (tertiary/aromatic N) is 1. The van der Waals surface area contributed by atoms with E-state index in [0.717, 1.165) is 11.1 Å². The molecule has 2 aliphatic heterocycles. The average Bonchev–Trinajstić information content (AvgIpc) is 3.33. The van der Waals surface area contributed by atoms with Crippen molar-refractivity contribution in [2.24, 2.45) is 0 Å². The molecule has 0 unspecified atom stereocenters. The number of amides is 1. The number of anilines is 1. The number of rotatable bonds is 7. The van der Waals surface area contributed by atoms with E-state index in [-0.39, 0.29) is 11.0 Å². The van der Waals surface area contributed by atoms with E-state index in [1.807, 2.05) is 57.2 Å². The smallest absolute Gasteiger partial charge is 0.256 e. The lowest BCUT2D eigenvalue weighted by Gasteiger charge is -2.25. The minimum Gasteiger partial charge on any atom is -0.490 e. The van der Waals surface area contributed by atoms with Gasteiger partial charge in [-0.3, -0.25) is 20.2 Å². The minimum absolute atomic E-state index is 0.328. The number of aryl methyl sites for hydroxylation is 1. The van der Waals surface area contributed by atoms with Gasteiger partial charge in [-0.15, -0.1) is 0 Å². The summed E-state index contributed by atoms with van der Waals surface area (Å²) in [7, 11) is 0. The van der Waals surface area contributed by atoms with Gasteiger partial charge in [-0.25, -0.2) is 0 Å². The van der Waals surface area contributed by atoms with E-state index >= 15 is 0 Å². The van der Waals surface area contributed by atoms with Gasteiger partial charge in [-0.05, 0) is 50.1 Å². The zero-order valence-electron chi connectivity index (χ0n) is 20.5. The molecule has 3 aromatic rings. The van der Waals surface area contributed by atoms with Crippen LogP contribution in [-0.2, 0) is 16.9 Å². The zero-order valence-corrected chi connectivity index (χ0v) is 20.5. The minimum atomic E-state index is -1.45. The fraction of sp³-hybridized carbons (Fsp3) is 0.321. The fourth-order valence-electron chi connectivity index (χ4n) is 5.52. The van der Waals surface area contributed by atoms with Gasteiger partial charge in [-0.1, -0.05) is 54.1 Å². The maximum absolute atomic E-state index is 13.2. The Hall–Kier alpha value is -3.91. The van der Waals surface area contributed by atoms with Crippen LogP contribution in [0, 0.1) is 17.0 Å². The third-order valence-electron chi connectivity index (χ3n) is 7.13. The molecular weight excluding hydrogens is 458 g/mol. The fourth-order valence-corrected chi connectivity index (χ4v) is 5.52. The van der Waals surface area contributed by atoms with E-state index in [9.17, 15) is 14.9 Å². The lowest BCUT2D eigenvalue weighted by Crippen LogP contribution is -2.54. The highest BCUT2D eigenvalue weighted by atomic mass is 16.6. The number of fused-ring (bicyclic) bond motifs is 2. The molecule has 0 bridgehead atoms. The first-order valence-electron chi connectivity index (χ1n) is 12.1. The summed E-state index contributed by atoms with van der Waals surface area (Å²) in [6.07, 6.45) is 0. The van der Waals surface area contributed by atoms with Gasteiger partial charge in [0.1, 0.15) is 6.61 Å². The molecule has 0 aromatic heterocycles. The van der Waals surface area contributed by atoms with Crippen LogP contribution in [0.2, 0.25) is 0 Å². The average molecular weight is 488 g/mol. The number of hydrogen-bond acceptors (Lipinski definition) is 6. The van der Waals surface area contributed by atoms with Crippen molar-refractivity contribution in [1.82, 2.24) is 5.32 Å². The quantitative estimate of drug-likeness (QED) is 0.375. The number of nitrogens with one attached hydrogen (secondary N) is 2. The molecule has 8 nitrogen and oxygen atoms in total. The summed E-state index contributed by atoms with van der Waals surface area (Å²) in [5, 5.41) is 18.7. The third kappa shape index (κ3) is 3.87. The Balaban J connectivity index is 1.50. The Labute approximate surface area is 209 Å². The van der Waals surface area contributed by atoms with Crippen molar-refractivity contribution in [2.75, 3.05) is 11.9 Å². The van der Waals surface area contributed by atoms with Crippen LogP contribution < -0.4 is 20.1 Å². The molecule has 8 heteroatoms. The maximum atomic E-state index is 13.2. The summed E-state index contributed by atoms with van der Waals surface area (Å²) in [6, 6.07) is 19.1. The first-order chi connectivity index (χ1) is 17.3. The number of carbonyl (C=O) groups is 1. The van der Waals surface area contributed by atoms with Crippen LogP contribution in [0.3, 0.4) is 0 Å². The molecule has 0 radical (unpaired) electrons. The van der Waals surface area contributed by atoms with Gasteiger partial charge >= 0.3 is 0 Å². The number of benzene rings is 3. The second-order valence-corrected chi connectivity index (χ2v) is 9.41. The predicted octanol–water partition coefficient (Wildman–Crippen LogP) is 4.54. The van der Waals surface area contributed by atoms with Crippen LogP contribution >= 0.6 is 0 Å². The zero-order chi connectivity index (χ0) is 25.4. The molecule has 1 amide bonds. The van der Waals surface area contributed by atoms with Crippen molar-refractivity contribution in [3.05, 3.63) is 99.1 Å². The summed E-state index contributed by atoms with van der Waals surface area (Å²) >= 11 is 0. The largest absolute Gasteiger partial charge is 0.490 e. The molecule has 1 fully saturated rings. The molecule has 2 N–H and O–H groups in total. The molecule has 4 atom stereocenters. The number of carbonyl (C=O) groups excluding carboxylic acids is 1. The van der Waals surface area contributed by atoms with Crippen molar-refractivity contribution in [3.8, 4) is 11.5 Å². The number of para-hydroxylation sites is 1. The molecule has 5 rings (SSSR count). The topological polar surface area (TPSA) is 103 Å². The molecule has 3 aromatic carbocycles. The van der Waals surface area contributed by atoms with Crippen molar-refractivity contribution < 1.29 is 19.2 Å². The second kappa shape index (κ2) is 9.28. The second-order valence-electron chi connectivity index (χ2n) is 9.41. The van der Waals surface area contributed by atoms with Gasteiger partial charge in [-0.2, -0.15) is 0 Å². The van der Waals surface area contributed by atoms with E-state index in [2.05, 4.69) is 10.6 Å². The molecule has 186 valence electrons. The molecule has 1 spiro atoms. The standard InChI is InChI=1S/C28H29N3O5/c1-4-35-24-15-20(13-14-23(24)36-16-19-11-9-17(2)10-12-19)25-18(3)30-28(26(25)31(33)34)21-7-5-6-8-22(21)29-27(28)32/h5-15,18,25-26,30H,4,16H2,1-3H3,(H,29,32)/t18-,25-,26-,28+/m0/s1. The van der Waals surface area contributed by atoms with Crippen molar-refractivity contribution in [1.29, 1.82) is 0 Å². The molecule has 36 heavy (non-hydrogen) atoms. The molecule has 2 heterocycles. The molecule has 1 saturated heterocycles. The first-order valence-corrected chi connectivity index (χ1v) is 12.1. The normalized spacial score (nSPS) is 24.4. The van der Waals surface area contributed by atoms with Crippen LogP contribution in [0.4, 0.5) is 5.69 Å². The Bertz CT molecular complexity index is 1310. The lowest BCUT2D eigenvalue weighted by molar-refractivity contribution is -0.532. The molecular formula is C28H29N3O5. The summed E-state index contributed by atoms with van der Waals surface area (Å²) in [5.74, 6) is 0.120. The Morgan fingerprint density at radius 3 is 2.50 bits per heavy atom. The van der Waals surface area contributed by atoms with Crippen molar-refractivity contribution >= 4 is 11.6 Å². The lowest BCUT2D eigenvalue weighted by atomic mass is 9.78. The summed E-state index contributed by atoms with van der Waals surface area (Å²) < 4.78 is 11.9. The monoisotopic (exact) mass is 487 g/mol. The first kappa shape index (κ1) is 23.8. The van der Waals surface area contributed by atoms with Crippen LogP contribution in [0.1, 0.15) is 42.0 Å². The Morgan fingerprint density at radius 1 is 1.03 bits per heavy atom. The van der Waals surface area contributed by atoms with Gasteiger partial charge in [0.15, 0.2) is 17.0 Å². The highest BCUT2D eigenvalue weighted by Crippen LogP contribution is 2.50. The number of nitro groups is 1. The molecule has 2 aliphatic rings. The van der Waals surface area contributed by atoms with Crippen LogP contribution in [0.15, 0.2) is 66.7 Å². The van der Waals surface area contributed by atoms with Crippen molar-refractivity contribution in [3.63, 3.8) is 0 Å². The van der Waals surface area contributed by atoms with Crippen LogP contribution in [0.25, 0.3) is 0 Å². The van der Waals surface area contributed by atoms with E-state index in [1.165, 1.54) is 5.56 Å². The highest BCUT2D eigenvalue weighted by molar-refractivity contribution is 6.07. The number of ether oxygens (including phenoxy) is 2. The van der Waals surface area contributed by atoms with Crippen LogP contribution in [-0.4, -0.2) is 29.5 Å². The predicted molar refractivity (Wildman–Crippen MR) is 136 cm³/mol. The summed E-state index contributed by atoms with van der Waals surface area (Å²) in [6.45, 7) is 6.59. The third-order valence-corrected chi connectivity index (χ3v) is 7.13. The van der Waals surface area contributed by atoms with Crippen LogP contribution in [0.5, 0.6) is 11.5 Å². The van der Waals surface area contributed by atoms with Gasteiger partial charge < -0.3 is 14.8 Å². The van der Waals surface area contributed by atoms with E-state index < -0.39 is 23.4 Å². The Morgan fingerprint density at radius 2 is 1.78 bits per heavy atom. The van der Waals surface area contributed by atoms with Gasteiger partial charge in [0.2, 0.25) is 0 Å². The Kier molecular flexibility index (Phi) is 6.14. The highest BCUT2D eigenvalue weighted by Gasteiger charge is 2.67. The van der Waals surface area contributed by atoms with Gasteiger partial charge in [0.05, 0.1) is 12.5 Å². The van der Waals surface area contributed by atoms with Crippen molar-refractivity contribution in [2.45, 2.75) is 50.9 Å². The number of hydrogen-bond donors (Lipinski definition) is 2. The van der Waals surface area contributed by atoms with E-state index in [0.29, 0.717) is 36.0 Å². The molecule has 0 saturated carbocycles. The summed E-state index contributed by atoms with van der Waals surface area (Å²) in [5.41, 5.74) is 2.68. The van der Waals surface area contributed by atoms with Gasteiger partial charge in [0, 0.05) is 22.2 Å². The SMILES string of the molecule is CCOc1cc([C@@H]2[C@H](C)N[C@@]3(C(=O)Nc4ccccc43)[C@H]2[N+](=O)[O-])ccc1OCc1ccc(C)cc1. The van der Waals surface area contributed by atoms with E-state index in [4.69, 9.17) is 9.47 Å². The van der Waals surface area contributed by atoms with E-state index in [1.54, 1.807) is 30.3 Å². The summed E-state index contributed by atoms with van der Waals surface area (Å²) in [4.78, 5) is 25.4. The van der Waals surface area contributed by atoms with Gasteiger partial charge in [0.25, 0.3) is 11.9 Å². The molecule has 0 aliphatic carbocycles.